The van der Waals surface area contributed by atoms with Gasteiger partial charge in [0.15, 0.2) is 0 Å². The Bertz CT molecular complexity index is 182. The molecular weight excluding hydrogens is 170 g/mol. The first kappa shape index (κ1) is 10.5. The SMILES string of the molecule is CC[C@H]1CCC2(CCCCC2)CN1C. The molecule has 1 heteroatoms. The third-order valence-corrected chi connectivity index (χ3v) is 4.60. The van der Waals surface area contributed by atoms with Crippen molar-refractivity contribution in [1.29, 1.82) is 0 Å². The highest BCUT2D eigenvalue weighted by molar-refractivity contribution is 4.91. The van der Waals surface area contributed by atoms with Crippen molar-refractivity contribution in [2.45, 2.75) is 64.3 Å². The Hall–Kier alpha value is -0.0400. The van der Waals surface area contributed by atoms with Crippen molar-refractivity contribution in [1.82, 2.24) is 4.90 Å². The number of likely N-dealkylation sites (tertiary alicyclic amines) is 1. The topological polar surface area (TPSA) is 3.24 Å². The minimum atomic E-state index is 0.735. The van der Waals surface area contributed by atoms with Gasteiger partial charge in [-0.3, -0.25) is 0 Å². The van der Waals surface area contributed by atoms with Crippen molar-refractivity contribution < 1.29 is 0 Å². The molecule has 0 aromatic heterocycles. The highest BCUT2D eigenvalue weighted by atomic mass is 15.1. The van der Waals surface area contributed by atoms with E-state index >= 15 is 0 Å². The molecule has 1 heterocycles. The summed E-state index contributed by atoms with van der Waals surface area (Å²) in [5.41, 5.74) is 0.735. The molecule has 82 valence electrons. The van der Waals surface area contributed by atoms with Gasteiger partial charge in [-0.1, -0.05) is 26.2 Å². The van der Waals surface area contributed by atoms with Gasteiger partial charge in [0, 0.05) is 12.6 Å². The smallest absolute Gasteiger partial charge is 0.00900 e. The van der Waals surface area contributed by atoms with Crippen molar-refractivity contribution in [3.8, 4) is 0 Å². The molecular formula is C13H25N. The number of nitrogens with zero attached hydrogens (tertiary/aromatic N) is 1. The van der Waals surface area contributed by atoms with Gasteiger partial charge in [0.05, 0.1) is 0 Å². The zero-order chi connectivity index (χ0) is 10.0. The molecule has 1 nitrogen and oxygen atoms in total. The van der Waals surface area contributed by atoms with Crippen LogP contribution in [0.4, 0.5) is 0 Å². The predicted octanol–water partition coefficient (Wildman–Crippen LogP) is 3.44. The lowest BCUT2D eigenvalue weighted by Gasteiger charge is -2.47. The lowest BCUT2D eigenvalue weighted by molar-refractivity contribution is 0.0313. The fourth-order valence-electron chi connectivity index (χ4n) is 3.66. The number of rotatable bonds is 1. The first-order valence-electron chi connectivity index (χ1n) is 6.46. The average Bonchev–Trinajstić information content (AvgIpc) is 2.19. The van der Waals surface area contributed by atoms with E-state index in [9.17, 15) is 0 Å². The summed E-state index contributed by atoms with van der Waals surface area (Å²) in [7, 11) is 2.34. The molecule has 14 heavy (non-hydrogen) atoms. The maximum absolute atomic E-state index is 2.63. The van der Waals surface area contributed by atoms with Crippen molar-refractivity contribution >= 4 is 0 Å². The van der Waals surface area contributed by atoms with Gasteiger partial charge < -0.3 is 4.90 Å². The normalized spacial score (nSPS) is 33.4. The molecule has 1 spiro atoms. The summed E-state index contributed by atoms with van der Waals surface area (Å²) in [6.45, 7) is 3.71. The molecule has 1 aliphatic carbocycles. The quantitative estimate of drug-likeness (QED) is 0.619. The summed E-state index contributed by atoms with van der Waals surface area (Å²) < 4.78 is 0. The zero-order valence-electron chi connectivity index (χ0n) is 9.89. The van der Waals surface area contributed by atoms with E-state index in [0.29, 0.717) is 0 Å². The van der Waals surface area contributed by atoms with E-state index in [0.717, 1.165) is 11.5 Å². The minimum absolute atomic E-state index is 0.735. The van der Waals surface area contributed by atoms with Crippen molar-refractivity contribution in [3.63, 3.8) is 0 Å². The highest BCUT2D eigenvalue weighted by Crippen LogP contribution is 2.44. The van der Waals surface area contributed by atoms with Crippen LogP contribution in [0.2, 0.25) is 0 Å². The Balaban J connectivity index is 1.96. The fourth-order valence-corrected chi connectivity index (χ4v) is 3.66. The number of hydrogen-bond acceptors (Lipinski definition) is 1. The fraction of sp³-hybridized carbons (Fsp3) is 1.00. The molecule has 0 aromatic carbocycles. The molecule has 0 N–H and O–H groups in total. The van der Waals surface area contributed by atoms with E-state index in [1.54, 1.807) is 0 Å². The van der Waals surface area contributed by atoms with Crippen LogP contribution >= 0.6 is 0 Å². The zero-order valence-corrected chi connectivity index (χ0v) is 9.89. The Kier molecular flexibility index (Phi) is 3.16. The standard InChI is InChI=1S/C13H25N/c1-3-12-7-10-13(11-14(12)2)8-5-4-6-9-13/h12H,3-11H2,1-2H3/t12-/m0/s1. The third-order valence-electron chi connectivity index (χ3n) is 4.60. The average molecular weight is 195 g/mol. The van der Waals surface area contributed by atoms with Crippen LogP contribution in [0.3, 0.4) is 0 Å². The van der Waals surface area contributed by atoms with Gasteiger partial charge in [0.2, 0.25) is 0 Å². The molecule has 0 unspecified atom stereocenters. The summed E-state index contributed by atoms with van der Waals surface area (Å²) in [5, 5.41) is 0. The Morgan fingerprint density at radius 2 is 1.86 bits per heavy atom. The van der Waals surface area contributed by atoms with Crippen LogP contribution in [0, 0.1) is 5.41 Å². The lowest BCUT2D eigenvalue weighted by Crippen LogP contribution is -2.47. The van der Waals surface area contributed by atoms with Gasteiger partial charge in [0.25, 0.3) is 0 Å². The molecule has 2 fully saturated rings. The summed E-state index contributed by atoms with van der Waals surface area (Å²) >= 11 is 0. The van der Waals surface area contributed by atoms with Crippen molar-refractivity contribution in [2.75, 3.05) is 13.6 Å². The molecule has 0 aromatic rings. The molecule has 2 rings (SSSR count). The molecule has 0 amide bonds. The van der Waals surface area contributed by atoms with Crippen LogP contribution in [0.25, 0.3) is 0 Å². The Morgan fingerprint density at radius 1 is 1.14 bits per heavy atom. The third kappa shape index (κ3) is 1.98. The number of hydrogen-bond donors (Lipinski definition) is 0. The Labute approximate surface area is 88.9 Å². The molecule has 1 saturated heterocycles. The second-order valence-corrected chi connectivity index (χ2v) is 5.58. The van der Waals surface area contributed by atoms with Crippen molar-refractivity contribution in [3.05, 3.63) is 0 Å². The second-order valence-electron chi connectivity index (χ2n) is 5.58. The first-order valence-corrected chi connectivity index (χ1v) is 6.46. The summed E-state index contributed by atoms with van der Waals surface area (Å²) in [6, 6.07) is 0.877. The van der Waals surface area contributed by atoms with Gasteiger partial charge >= 0.3 is 0 Å². The van der Waals surface area contributed by atoms with Crippen molar-refractivity contribution in [2.24, 2.45) is 5.41 Å². The Morgan fingerprint density at radius 3 is 2.43 bits per heavy atom. The molecule has 0 radical (unpaired) electrons. The van der Waals surface area contributed by atoms with Gasteiger partial charge in [-0.05, 0) is 44.6 Å². The van der Waals surface area contributed by atoms with Crippen LogP contribution in [0.15, 0.2) is 0 Å². The van der Waals surface area contributed by atoms with Crippen LogP contribution < -0.4 is 0 Å². The van der Waals surface area contributed by atoms with E-state index in [2.05, 4.69) is 18.9 Å². The van der Waals surface area contributed by atoms with Gasteiger partial charge in [0.1, 0.15) is 0 Å². The minimum Gasteiger partial charge on any atom is -0.303 e. The van der Waals surface area contributed by atoms with Crippen LogP contribution in [0.5, 0.6) is 0 Å². The molecule has 0 bridgehead atoms. The monoisotopic (exact) mass is 195 g/mol. The maximum Gasteiger partial charge on any atom is 0.00900 e. The van der Waals surface area contributed by atoms with Crippen LogP contribution in [0.1, 0.15) is 58.3 Å². The molecule has 2 aliphatic rings. The van der Waals surface area contributed by atoms with E-state index in [4.69, 9.17) is 0 Å². The summed E-state index contributed by atoms with van der Waals surface area (Å²) in [6.07, 6.45) is 11.8. The summed E-state index contributed by atoms with van der Waals surface area (Å²) in [4.78, 5) is 2.63. The van der Waals surface area contributed by atoms with E-state index in [1.807, 2.05) is 0 Å². The molecule has 1 atom stereocenters. The van der Waals surface area contributed by atoms with E-state index in [1.165, 1.54) is 57.9 Å². The van der Waals surface area contributed by atoms with E-state index in [-0.39, 0.29) is 0 Å². The predicted molar refractivity (Wildman–Crippen MR) is 61.5 cm³/mol. The highest BCUT2D eigenvalue weighted by Gasteiger charge is 2.37. The van der Waals surface area contributed by atoms with E-state index < -0.39 is 0 Å². The van der Waals surface area contributed by atoms with Crippen LogP contribution in [-0.4, -0.2) is 24.5 Å². The van der Waals surface area contributed by atoms with Gasteiger partial charge in [-0.2, -0.15) is 0 Å². The maximum atomic E-state index is 2.63. The molecule has 1 aliphatic heterocycles. The number of piperidine rings is 1. The van der Waals surface area contributed by atoms with Gasteiger partial charge in [-0.15, -0.1) is 0 Å². The summed E-state index contributed by atoms with van der Waals surface area (Å²) in [5.74, 6) is 0. The van der Waals surface area contributed by atoms with Gasteiger partial charge in [-0.25, -0.2) is 0 Å². The second kappa shape index (κ2) is 4.22. The lowest BCUT2D eigenvalue weighted by atomic mass is 9.68. The largest absolute Gasteiger partial charge is 0.303 e. The first-order chi connectivity index (χ1) is 6.76. The van der Waals surface area contributed by atoms with Crippen LogP contribution in [-0.2, 0) is 0 Å². The molecule has 1 saturated carbocycles.